The molecule has 1 aromatic rings. The van der Waals surface area contributed by atoms with E-state index in [9.17, 15) is 0 Å². The Balaban J connectivity index is 3.21. The zero-order valence-electron chi connectivity index (χ0n) is 6.49. The molecule has 1 rings (SSSR count). The summed E-state index contributed by atoms with van der Waals surface area (Å²) in [6.45, 7) is 4.10. The van der Waals surface area contributed by atoms with Crippen molar-refractivity contribution in [2.24, 2.45) is 0 Å². The second-order valence-corrected chi connectivity index (χ2v) is 3.96. The summed E-state index contributed by atoms with van der Waals surface area (Å²) in [7, 11) is 0. The number of rotatable bonds is 1. The molecule has 0 amide bonds. The van der Waals surface area contributed by atoms with E-state index in [1.807, 2.05) is 6.92 Å². The number of aromatic nitrogens is 1. The molecule has 0 unspecified atom stereocenters. The summed E-state index contributed by atoms with van der Waals surface area (Å²) >= 11 is 6.85. The van der Waals surface area contributed by atoms with Crippen LogP contribution >= 0.6 is 31.9 Å². The maximum absolute atomic E-state index is 4.31. The van der Waals surface area contributed by atoms with E-state index in [4.69, 9.17) is 0 Å². The quantitative estimate of drug-likeness (QED) is 0.717. The third-order valence-corrected chi connectivity index (χ3v) is 3.05. The van der Waals surface area contributed by atoms with Gasteiger partial charge >= 0.3 is 0 Å². The summed E-state index contributed by atoms with van der Waals surface area (Å²) in [5.41, 5.74) is 2.26. The molecule has 0 aliphatic heterocycles. The van der Waals surface area contributed by atoms with E-state index in [1.54, 1.807) is 0 Å². The van der Waals surface area contributed by atoms with Gasteiger partial charge in [-0.25, -0.2) is 4.98 Å². The van der Waals surface area contributed by atoms with Crippen molar-refractivity contribution in [3.05, 3.63) is 26.4 Å². The van der Waals surface area contributed by atoms with Crippen molar-refractivity contribution in [1.29, 1.82) is 0 Å². The third-order valence-electron chi connectivity index (χ3n) is 1.56. The Morgan fingerprint density at radius 1 is 1.45 bits per heavy atom. The lowest BCUT2D eigenvalue weighted by Gasteiger charge is -2.03. The van der Waals surface area contributed by atoms with Gasteiger partial charge < -0.3 is 0 Å². The highest BCUT2D eigenvalue weighted by Crippen LogP contribution is 2.22. The lowest BCUT2D eigenvalue weighted by molar-refractivity contribution is 1.04. The van der Waals surface area contributed by atoms with Gasteiger partial charge in [-0.3, -0.25) is 0 Å². The normalized spacial score (nSPS) is 10.2. The van der Waals surface area contributed by atoms with Crippen LogP contribution in [0.5, 0.6) is 0 Å². The Bertz CT molecular complexity index is 271. The van der Waals surface area contributed by atoms with Gasteiger partial charge in [0.1, 0.15) is 4.60 Å². The summed E-state index contributed by atoms with van der Waals surface area (Å²) < 4.78 is 2.04. The fourth-order valence-electron chi connectivity index (χ4n) is 0.837. The number of pyridine rings is 1. The monoisotopic (exact) mass is 277 g/mol. The summed E-state index contributed by atoms with van der Waals surface area (Å²) in [4.78, 5) is 4.31. The molecule has 0 bridgehead atoms. The van der Waals surface area contributed by atoms with E-state index in [0.717, 1.165) is 21.2 Å². The molecule has 0 fully saturated rings. The van der Waals surface area contributed by atoms with Crippen molar-refractivity contribution in [3.8, 4) is 0 Å². The van der Waals surface area contributed by atoms with Crippen LogP contribution in [-0.2, 0) is 6.42 Å². The van der Waals surface area contributed by atoms with Gasteiger partial charge in [0.25, 0.3) is 0 Å². The highest BCUT2D eigenvalue weighted by atomic mass is 79.9. The molecule has 3 heteroatoms. The van der Waals surface area contributed by atoms with Crippen LogP contribution in [-0.4, -0.2) is 4.98 Å². The molecule has 0 aliphatic rings. The van der Waals surface area contributed by atoms with Crippen molar-refractivity contribution in [1.82, 2.24) is 4.98 Å². The first kappa shape index (κ1) is 9.20. The van der Waals surface area contributed by atoms with E-state index in [0.29, 0.717) is 0 Å². The lowest BCUT2D eigenvalue weighted by Crippen LogP contribution is -1.90. The highest BCUT2D eigenvalue weighted by molar-refractivity contribution is 9.11. The Labute approximate surface area is 83.5 Å². The molecule has 0 saturated carbocycles. The molecule has 1 heterocycles. The van der Waals surface area contributed by atoms with Gasteiger partial charge in [0.05, 0.1) is 5.69 Å². The fourth-order valence-corrected chi connectivity index (χ4v) is 1.86. The molecule has 0 spiro atoms. The summed E-state index contributed by atoms with van der Waals surface area (Å²) in [5.74, 6) is 0. The molecular weight excluding hydrogens is 270 g/mol. The number of hydrogen-bond acceptors (Lipinski definition) is 1. The van der Waals surface area contributed by atoms with Crippen LogP contribution in [0.3, 0.4) is 0 Å². The van der Waals surface area contributed by atoms with Gasteiger partial charge in [-0.15, -0.1) is 0 Å². The Morgan fingerprint density at radius 3 is 2.64 bits per heavy atom. The van der Waals surface area contributed by atoms with Crippen molar-refractivity contribution >= 4 is 31.9 Å². The van der Waals surface area contributed by atoms with E-state index in [1.165, 1.54) is 5.56 Å². The molecule has 0 radical (unpaired) electrons. The van der Waals surface area contributed by atoms with Gasteiger partial charge in [-0.1, -0.05) is 6.92 Å². The van der Waals surface area contributed by atoms with Crippen LogP contribution in [0.4, 0.5) is 0 Å². The predicted octanol–water partition coefficient (Wildman–Crippen LogP) is 3.48. The largest absolute Gasteiger partial charge is 0.245 e. The van der Waals surface area contributed by atoms with Crippen molar-refractivity contribution < 1.29 is 0 Å². The van der Waals surface area contributed by atoms with Crippen LogP contribution in [0.2, 0.25) is 0 Å². The molecular formula is C8H9Br2N. The second kappa shape index (κ2) is 3.68. The molecule has 0 aliphatic carbocycles. The average molecular weight is 279 g/mol. The first-order valence-corrected chi connectivity index (χ1v) is 5.05. The highest BCUT2D eigenvalue weighted by Gasteiger charge is 2.02. The van der Waals surface area contributed by atoms with Crippen LogP contribution in [0, 0.1) is 6.92 Å². The zero-order chi connectivity index (χ0) is 8.43. The minimum absolute atomic E-state index is 0.959. The van der Waals surface area contributed by atoms with E-state index in [2.05, 4.69) is 49.8 Å². The molecule has 60 valence electrons. The van der Waals surface area contributed by atoms with Gasteiger partial charge in [0.15, 0.2) is 0 Å². The molecule has 1 nitrogen and oxygen atoms in total. The van der Waals surface area contributed by atoms with Crippen molar-refractivity contribution in [3.63, 3.8) is 0 Å². The van der Waals surface area contributed by atoms with Crippen LogP contribution in [0.25, 0.3) is 0 Å². The molecule has 0 aromatic carbocycles. The van der Waals surface area contributed by atoms with E-state index < -0.39 is 0 Å². The summed E-state index contributed by atoms with van der Waals surface area (Å²) in [6.07, 6.45) is 1.01. The number of nitrogens with zero attached hydrogens (tertiary/aromatic N) is 1. The van der Waals surface area contributed by atoms with Gasteiger partial charge in [-0.05, 0) is 56.8 Å². The van der Waals surface area contributed by atoms with Gasteiger partial charge in [-0.2, -0.15) is 0 Å². The van der Waals surface area contributed by atoms with Gasteiger partial charge in [0, 0.05) is 4.47 Å². The maximum atomic E-state index is 4.31. The minimum atomic E-state index is 0.959. The SMILES string of the molecule is CCc1cc(Br)c(C)nc1Br. The second-order valence-electron chi connectivity index (χ2n) is 2.36. The molecule has 0 atom stereocenters. The maximum Gasteiger partial charge on any atom is 0.109 e. The first-order valence-electron chi connectivity index (χ1n) is 3.46. The van der Waals surface area contributed by atoms with E-state index >= 15 is 0 Å². The lowest BCUT2D eigenvalue weighted by atomic mass is 10.2. The fraction of sp³-hybridized carbons (Fsp3) is 0.375. The van der Waals surface area contributed by atoms with E-state index in [-0.39, 0.29) is 0 Å². The van der Waals surface area contributed by atoms with Crippen LogP contribution < -0.4 is 0 Å². The Hall–Kier alpha value is 0.110. The van der Waals surface area contributed by atoms with Crippen molar-refractivity contribution in [2.45, 2.75) is 20.3 Å². The smallest absolute Gasteiger partial charge is 0.109 e. The van der Waals surface area contributed by atoms with Crippen molar-refractivity contribution in [2.75, 3.05) is 0 Å². The van der Waals surface area contributed by atoms with Crippen LogP contribution in [0.1, 0.15) is 18.2 Å². The third kappa shape index (κ3) is 2.03. The zero-order valence-corrected chi connectivity index (χ0v) is 9.66. The average Bonchev–Trinajstić information content (AvgIpc) is 1.97. The topological polar surface area (TPSA) is 12.9 Å². The molecule has 1 aromatic heterocycles. The number of aryl methyl sites for hydroxylation is 2. The molecule has 0 saturated heterocycles. The number of halogens is 2. The summed E-state index contributed by atoms with van der Waals surface area (Å²) in [6, 6.07) is 2.10. The predicted molar refractivity (Wildman–Crippen MR) is 53.8 cm³/mol. The minimum Gasteiger partial charge on any atom is -0.245 e. The first-order chi connectivity index (χ1) is 5.15. The Morgan fingerprint density at radius 2 is 2.09 bits per heavy atom. The Kier molecular flexibility index (Phi) is 3.07. The molecule has 11 heavy (non-hydrogen) atoms. The van der Waals surface area contributed by atoms with Crippen LogP contribution in [0.15, 0.2) is 15.1 Å². The summed E-state index contributed by atoms with van der Waals surface area (Å²) in [5, 5.41) is 0. The standard InChI is InChI=1S/C8H9Br2N/c1-3-6-4-7(9)5(2)11-8(6)10/h4H,3H2,1-2H3. The van der Waals surface area contributed by atoms with Gasteiger partial charge in [0.2, 0.25) is 0 Å². The molecule has 0 N–H and O–H groups in total. The number of hydrogen-bond donors (Lipinski definition) is 0.